The molecule has 1 saturated carbocycles. The van der Waals surface area contributed by atoms with Crippen molar-refractivity contribution in [3.05, 3.63) is 18.5 Å². The normalized spacial score (nSPS) is 16.1. The predicted molar refractivity (Wildman–Crippen MR) is 49.7 cm³/mol. The van der Waals surface area contributed by atoms with Crippen LogP contribution in [0.25, 0.3) is 0 Å². The standard InChI is InChI=1S/C9H11NOS/c1-12-9-4-8(5-10-6-9)11-7-2-3-7/h4-7H,2-3H2,1H3. The average Bonchev–Trinajstić information content (AvgIpc) is 2.89. The number of thioether (sulfide) groups is 1. The Bertz CT molecular complexity index is 273. The maximum absolute atomic E-state index is 5.59. The van der Waals surface area contributed by atoms with Gasteiger partial charge in [0.15, 0.2) is 0 Å². The molecule has 1 aliphatic carbocycles. The van der Waals surface area contributed by atoms with Crippen LogP contribution < -0.4 is 4.74 Å². The Morgan fingerprint density at radius 3 is 3.00 bits per heavy atom. The Hall–Kier alpha value is -0.700. The predicted octanol–water partition coefficient (Wildman–Crippen LogP) is 2.34. The zero-order valence-corrected chi connectivity index (χ0v) is 7.80. The van der Waals surface area contributed by atoms with Crippen molar-refractivity contribution >= 4 is 11.8 Å². The summed E-state index contributed by atoms with van der Waals surface area (Å²) in [7, 11) is 0. The topological polar surface area (TPSA) is 22.1 Å². The fraction of sp³-hybridized carbons (Fsp3) is 0.444. The van der Waals surface area contributed by atoms with Gasteiger partial charge < -0.3 is 4.74 Å². The fourth-order valence-electron chi connectivity index (χ4n) is 0.953. The van der Waals surface area contributed by atoms with E-state index in [0.29, 0.717) is 6.10 Å². The molecule has 2 rings (SSSR count). The van der Waals surface area contributed by atoms with Crippen LogP contribution in [0.1, 0.15) is 12.8 Å². The van der Waals surface area contributed by atoms with Crippen LogP contribution in [0, 0.1) is 0 Å². The minimum absolute atomic E-state index is 0.462. The molecule has 1 aromatic heterocycles. The maximum Gasteiger partial charge on any atom is 0.139 e. The van der Waals surface area contributed by atoms with Crippen molar-refractivity contribution in [2.24, 2.45) is 0 Å². The molecule has 0 aromatic carbocycles. The number of ether oxygens (including phenoxy) is 1. The average molecular weight is 181 g/mol. The highest BCUT2D eigenvalue weighted by atomic mass is 32.2. The van der Waals surface area contributed by atoms with Crippen molar-refractivity contribution < 1.29 is 4.74 Å². The first-order chi connectivity index (χ1) is 5.88. The second-order valence-corrected chi connectivity index (χ2v) is 3.76. The number of pyridine rings is 1. The van der Waals surface area contributed by atoms with E-state index in [1.807, 2.05) is 18.5 Å². The summed E-state index contributed by atoms with van der Waals surface area (Å²) in [6.07, 6.45) is 8.52. The first-order valence-electron chi connectivity index (χ1n) is 4.04. The molecule has 0 saturated heterocycles. The Balaban J connectivity index is 2.08. The van der Waals surface area contributed by atoms with Crippen molar-refractivity contribution in [1.29, 1.82) is 0 Å². The molecule has 0 unspecified atom stereocenters. The third-order valence-corrected chi connectivity index (χ3v) is 2.45. The molecule has 1 aromatic rings. The fourth-order valence-corrected chi connectivity index (χ4v) is 1.35. The molecule has 2 nitrogen and oxygen atoms in total. The molecule has 0 atom stereocenters. The van der Waals surface area contributed by atoms with E-state index < -0.39 is 0 Å². The van der Waals surface area contributed by atoms with Crippen LogP contribution in [0.2, 0.25) is 0 Å². The molecule has 1 aliphatic rings. The third-order valence-electron chi connectivity index (χ3n) is 1.75. The Kier molecular flexibility index (Phi) is 2.21. The van der Waals surface area contributed by atoms with Crippen LogP contribution in [0.3, 0.4) is 0 Å². The first kappa shape index (κ1) is 7.92. The van der Waals surface area contributed by atoms with Crippen LogP contribution in [0.15, 0.2) is 23.4 Å². The zero-order chi connectivity index (χ0) is 8.39. The molecule has 64 valence electrons. The molecule has 0 radical (unpaired) electrons. The summed E-state index contributed by atoms with van der Waals surface area (Å²) < 4.78 is 5.59. The molecule has 0 spiro atoms. The van der Waals surface area contributed by atoms with Gasteiger partial charge in [0, 0.05) is 11.1 Å². The van der Waals surface area contributed by atoms with Crippen LogP contribution in [-0.4, -0.2) is 17.3 Å². The number of aromatic nitrogens is 1. The number of hydrogen-bond donors (Lipinski definition) is 0. The van der Waals surface area contributed by atoms with Gasteiger partial charge in [-0.05, 0) is 25.2 Å². The molecule has 1 heterocycles. The van der Waals surface area contributed by atoms with E-state index in [9.17, 15) is 0 Å². The second-order valence-electron chi connectivity index (χ2n) is 2.88. The van der Waals surface area contributed by atoms with E-state index >= 15 is 0 Å². The molecule has 12 heavy (non-hydrogen) atoms. The van der Waals surface area contributed by atoms with Crippen LogP contribution in [0.5, 0.6) is 5.75 Å². The van der Waals surface area contributed by atoms with Gasteiger partial charge in [0.2, 0.25) is 0 Å². The molecular weight excluding hydrogens is 170 g/mol. The van der Waals surface area contributed by atoms with Crippen LogP contribution >= 0.6 is 11.8 Å². The van der Waals surface area contributed by atoms with E-state index in [2.05, 4.69) is 4.98 Å². The smallest absolute Gasteiger partial charge is 0.139 e. The maximum atomic E-state index is 5.59. The van der Waals surface area contributed by atoms with Gasteiger partial charge in [0.25, 0.3) is 0 Å². The largest absolute Gasteiger partial charge is 0.489 e. The van der Waals surface area contributed by atoms with Gasteiger partial charge >= 0.3 is 0 Å². The second kappa shape index (κ2) is 3.35. The summed E-state index contributed by atoms with van der Waals surface area (Å²) >= 11 is 1.69. The van der Waals surface area contributed by atoms with E-state index in [1.165, 1.54) is 12.8 Å². The molecular formula is C9H11NOS. The van der Waals surface area contributed by atoms with E-state index in [-0.39, 0.29) is 0 Å². The SMILES string of the molecule is CSc1cncc(OC2CC2)c1. The highest BCUT2D eigenvalue weighted by Gasteiger charge is 2.23. The summed E-state index contributed by atoms with van der Waals surface area (Å²) in [5.41, 5.74) is 0. The minimum atomic E-state index is 0.462. The van der Waals surface area contributed by atoms with Gasteiger partial charge in [-0.15, -0.1) is 11.8 Å². The first-order valence-corrected chi connectivity index (χ1v) is 5.26. The van der Waals surface area contributed by atoms with E-state index in [0.717, 1.165) is 10.6 Å². The summed E-state index contributed by atoms with van der Waals surface area (Å²) in [4.78, 5) is 5.25. The molecule has 3 heteroatoms. The van der Waals surface area contributed by atoms with Gasteiger partial charge in [-0.25, -0.2) is 0 Å². The number of hydrogen-bond acceptors (Lipinski definition) is 3. The molecule has 1 fully saturated rings. The summed E-state index contributed by atoms with van der Waals surface area (Å²) in [5, 5.41) is 0. The summed E-state index contributed by atoms with van der Waals surface area (Å²) in [6, 6.07) is 2.04. The van der Waals surface area contributed by atoms with Gasteiger partial charge in [0.05, 0.1) is 12.3 Å². The number of nitrogens with zero attached hydrogens (tertiary/aromatic N) is 1. The van der Waals surface area contributed by atoms with Crippen LogP contribution in [-0.2, 0) is 0 Å². The van der Waals surface area contributed by atoms with Crippen molar-refractivity contribution in [2.45, 2.75) is 23.8 Å². The lowest BCUT2D eigenvalue weighted by Crippen LogP contribution is -1.95. The van der Waals surface area contributed by atoms with Crippen molar-refractivity contribution in [1.82, 2.24) is 4.98 Å². The van der Waals surface area contributed by atoms with Gasteiger partial charge in [-0.2, -0.15) is 0 Å². The lowest BCUT2D eigenvalue weighted by atomic mass is 10.4. The Morgan fingerprint density at radius 1 is 1.50 bits per heavy atom. The van der Waals surface area contributed by atoms with Gasteiger partial charge in [0.1, 0.15) is 5.75 Å². The summed E-state index contributed by atoms with van der Waals surface area (Å²) in [5.74, 6) is 0.907. The lowest BCUT2D eigenvalue weighted by Gasteiger charge is -2.03. The van der Waals surface area contributed by atoms with Crippen molar-refractivity contribution in [3.8, 4) is 5.75 Å². The van der Waals surface area contributed by atoms with Crippen molar-refractivity contribution in [3.63, 3.8) is 0 Å². The molecule has 0 N–H and O–H groups in total. The molecule has 0 bridgehead atoms. The third kappa shape index (κ3) is 1.91. The van der Waals surface area contributed by atoms with E-state index in [1.54, 1.807) is 18.0 Å². The highest BCUT2D eigenvalue weighted by Crippen LogP contribution is 2.27. The van der Waals surface area contributed by atoms with E-state index in [4.69, 9.17) is 4.74 Å². The highest BCUT2D eigenvalue weighted by molar-refractivity contribution is 7.98. The van der Waals surface area contributed by atoms with Gasteiger partial charge in [-0.1, -0.05) is 0 Å². The van der Waals surface area contributed by atoms with Crippen LogP contribution in [0.4, 0.5) is 0 Å². The molecule has 0 aliphatic heterocycles. The number of rotatable bonds is 3. The van der Waals surface area contributed by atoms with Gasteiger partial charge in [-0.3, -0.25) is 4.98 Å². The Morgan fingerprint density at radius 2 is 2.33 bits per heavy atom. The summed E-state index contributed by atoms with van der Waals surface area (Å²) in [6.45, 7) is 0. The quantitative estimate of drug-likeness (QED) is 0.668. The Labute approximate surface area is 76.3 Å². The molecule has 0 amide bonds. The lowest BCUT2D eigenvalue weighted by molar-refractivity contribution is 0.301. The monoisotopic (exact) mass is 181 g/mol. The van der Waals surface area contributed by atoms with Crippen molar-refractivity contribution in [2.75, 3.05) is 6.26 Å². The minimum Gasteiger partial charge on any atom is -0.489 e. The zero-order valence-electron chi connectivity index (χ0n) is 6.99.